The van der Waals surface area contributed by atoms with Gasteiger partial charge in [0.05, 0.1) is 0 Å². The van der Waals surface area contributed by atoms with Gasteiger partial charge in [-0.05, 0) is 48.2 Å². The molecule has 0 N–H and O–H groups in total. The predicted molar refractivity (Wildman–Crippen MR) is 68.1 cm³/mol. The molecule has 0 saturated heterocycles. The summed E-state index contributed by atoms with van der Waals surface area (Å²) in [6.07, 6.45) is 4.27. The van der Waals surface area contributed by atoms with Gasteiger partial charge in [-0.1, -0.05) is 42.5 Å². The number of allylic oxidation sites excluding steroid dienone is 1. The molecule has 0 radical (unpaired) electrons. The second kappa shape index (κ2) is 3.90. The Labute approximate surface area is 91.2 Å². The van der Waals surface area contributed by atoms with E-state index in [1.54, 1.807) is 0 Å². The van der Waals surface area contributed by atoms with Gasteiger partial charge in [0.15, 0.2) is 0 Å². The lowest BCUT2D eigenvalue weighted by Gasteiger charge is -2.09. The van der Waals surface area contributed by atoms with E-state index in [4.69, 9.17) is 0 Å². The molecule has 0 amide bonds. The molecular formula is C15H16. The van der Waals surface area contributed by atoms with Gasteiger partial charge in [0.2, 0.25) is 0 Å². The van der Waals surface area contributed by atoms with Crippen molar-refractivity contribution in [3.05, 3.63) is 53.1 Å². The summed E-state index contributed by atoms with van der Waals surface area (Å²) in [5, 5.41) is 2.71. The first-order valence-electron chi connectivity index (χ1n) is 5.35. The van der Waals surface area contributed by atoms with Gasteiger partial charge in [0, 0.05) is 0 Å². The third kappa shape index (κ3) is 1.68. The van der Waals surface area contributed by atoms with Gasteiger partial charge >= 0.3 is 0 Å². The van der Waals surface area contributed by atoms with E-state index in [1.807, 2.05) is 0 Å². The van der Waals surface area contributed by atoms with Crippen LogP contribution >= 0.6 is 0 Å². The zero-order chi connectivity index (χ0) is 10.8. The Balaban J connectivity index is 2.88. The van der Waals surface area contributed by atoms with E-state index in [1.165, 1.54) is 27.5 Å². The monoisotopic (exact) mass is 196 g/mol. The Morgan fingerprint density at radius 3 is 2.33 bits per heavy atom. The second-order valence-electron chi connectivity index (χ2n) is 3.95. The largest absolute Gasteiger partial charge is 0.0870 e. The van der Waals surface area contributed by atoms with Crippen LogP contribution in [0.2, 0.25) is 0 Å². The molecule has 15 heavy (non-hydrogen) atoms. The van der Waals surface area contributed by atoms with Crippen molar-refractivity contribution in [3.63, 3.8) is 0 Å². The molecule has 0 nitrogen and oxygen atoms in total. The minimum atomic E-state index is 1.32. The minimum Gasteiger partial charge on any atom is -0.0870 e. The van der Waals surface area contributed by atoms with Crippen molar-refractivity contribution in [2.24, 2.45) is 0 Å². The lowest BCUT2D eigenvalue weighted by molar-refractivity contribution is 1.37. The van der Waals surface area contributed by atoms with E-state index in [9.17, 15) is 0 Å². The Morgan fingerprint density at radius 1 is 1.00 bits per heavy atom. The standard InChI is InChI=1S/C15H16/c1-4-7-13-10-11(2)12(3)14-8-5-6-9-15(13)14/h4-10H,1-3H3/b7-4+. The van der Waals surface area contributed by atoms with Crippen LogP contribution in [0.1, 0.15) is 23.6 Å². The lowest BCUT2D eigenvalue weighted by Crippen LogP contribution is -1.87. The molecule has 0 heterocycles. The van der Waals surface area contributed by atoms with Crippen molar-refractivity contribution in [3.8, 4) is 0 Å². The summed E-state index contributed by atoms with van der Waals surface area (Å²) in [6, 6.07) is 10.9. The molecule has 0 aliphatic carbocycles. The fourth-order valence-corrected chi connectivity index (χ4v) is 2.01. The maximum Gasteiger partial charge on any atom is -0.0109 e. The first kappa shape index (κ1) is 9.97. The van der Waals surface area contributed by atoms with Crippen LogP contribution in [0.4, 0.5) is 0 Å². The summed E-state index contributed by atoms with van der Waals surface area (Å²) in [4.78, 5) is 0. The number of aryl methyl sites for hydroxylation is 2. The van der Waals surface area contributed by atoms with Crippen LogP contribution in [0.3, 0.4) is 0 Å². The zero-order valence-corrected chi connectivity index (χ0v) is 9.54. The molecule has 2 aromatic rings. The summed E-state index contributed by atoms with van der Waals surface area (Å²) >= 11 is 0. The highest BCUT2D eigenvalue weighted by Gasteiger charge is 2.03. The Bertz CT molecular complexity index is 519. The number of fused-ring (bicyclic) bond motifs is 1. The average molecular weight is 196 g/mol. The van der Waals surface area contributed by atoms with Gasteiger partial charge in [-0.25, -0.2) is 0 Å². The highest BCUT2D eigenvalue weighted by Crippen LogP contribution is 2.26. The number of hydrogen-bond donors (Lipinski definition) is 0. The van der Waals surface area contributed by atoms with Crippen molar-refractivity contribution in [2.75, 3.05) is 0 Å². The van der Waals surface area contributed by atoms with E-state index in [-0.39, 0.29) is 0 Å². The molecule has 0 bridgehead atoms. The summed E-state index contributed by atoms with van der Waals surface area (Å²) in [6.45, 7) is 6.43. The van der Waals surface area contributed by atoms with Crippen LogP contribution in [-0.2, 0) is 0 Å². The van der Waals surface area contributed by atoms with Crippen molar-refractivity contribution in [2.45, 2.75) is 20.8 Å². The summed E-state index contributed by atoms with van der Waals surface area (Å²) in [5.74, 6) is 0. The molecule has 0 aliphatic heterocycles. The summed E-state index contributed by atoms with van der Waals surface area (Å²) in [7, 11) is 0. The van der Waals surface area contributed by atoms with Gasteiger partial charge in [-0.3, -0.25) is 0 Å². The molecule has 0 saturated carbocycles. The molecule has 0 aromatic heterocycles. The normalized spacial score (nSPS) is 11.4. The Kier molecular flexibility index (Phi) is 2.59. The third-order valence-corrected chi connectivity index (χ3v) is 2.95. The van der Waals surface area contributed by atoms with Gasteiger partial charge in [-0.2, -0.15) is 0 Å². The SMILES string of the molecule is C/C=C/c1cc(C)c(C)c2ccccc12. The molecule has 2 aromatic carbocycles. The number of benzene rings is 2. The average Bonchev–Trinajstić information content (AvgIpc) is 2.26. The van der Waals surface area contributed by atoms with Crippen LogP contribution in [0.15, 0.2) is 36.4 Å². The second-order valence-corrected chi connectivity index (χ2v) is 3.95. The van der Waals surface area contributed by atoms with Crippen molar-refractivity contribution < 1.29 is 0 Å². The van der Waals surface area contributed by atoms with Crippen LogP contribution in [0, 0.1) is 13.8 Å². The molecule has 0 heteroatoms. The molecule has 0 atom stereocenters. The first-order valence-corrected chi connectivity index (χ1v) is 5.35. The smallest absolute Gasteiger partial charge is 0.0109 e. The molecule has 0 spiro atoms. The van der Waals surface area contributed by atoms with E-state index < -0.39 is 0 Å². The fraction of sp³-hybridized carbons (Fsp3) is 0.200. The molecule has 0 aliphatic rings. The first-order chi connectivity index (χ1) is 7.24. The number of hydrogen-bond acceptors (Lipinski definition) is 0. The maximum atomic E-state index is 2.26. The topological polar surface area (TPSA) is 0 Å². The third-order valence-electron chi connectivity index (χ3n) is 2.95. The minimum absolute atomic E-state index is 1.32. The summed E-state index contributed by atoms with van der Waals surface area (Å²) in [5.41, 5.74) is 4.07. The van der Waals surface area contributed by atoms with Crippen molar-refractivity contribution in [1.82, 2.24) is 0 Å². The van der Waals surface area contributed by atoms with Crippen molar-refractivity contribution >= 4 is 16.8 Å². The summed E-state index contributed by atoms with van der Waals surface area (Å²) < 4.78 is 0. The lowest BCUT2D eigenvalue weighted by atomic mass is 9.96. The van der Waals surface area contributed by atoms with Gasteiger partial charge in [-0.15, -0.1) is 0 Å². The van der Waals surface area contributed by atoms with Crippen LogP contribution < -0.4 is 0 Å². The van der Waals surface area contributed by atoms with Gasteiger partial charge in [0.1, 0.15) is 0 Å². The van der Waals surface area contributed by atoms with E-state index >= 15 is 0 Å². The van der Waals surface area contributed by atoms with Crippen LogP contribution in [0.25, 0.3) is 16.8 Å². The molecule has 0 fully saturated rings. The molecule has 76 valence electrons. The molecule has 2 rings (SSSR count). The van der Waals surface area contributed by atoms with E-state index in [0.29, 0.717) is 0 Å². The van der Waals surface area contributed by atoms with Crippen LogP contribution in [0.5, 0.6) is 0 Å². The zero-order valence-electron chi connectivity index (χ0n) is 9.54. The van der Waals surface area contributed by atoms with Gasteiger partial charge < -0.3 is 0 Å². The fourth-order valence-electron chi connectivity index (χ4n) is 2.01. The molecular weight excluding hydrogens is 180 g/mol. The highest BCUT2D eigenvalue weighted by molar-refractivity contribution is 5.93. The maximum absolute atomic E-state index is 2.26. The van der Waals surface area contributed by atoms with Gasteiger partial charge in [0.25, 0.3) is 0 Å². The van der Waals surface area contributed by atoms with E-state index in [0.717, 1.165) is 0 Å². The number of rotatable bonds is 1. The molecule has 0 unspecified atom stereocenters. The Hall–Kier alpha value is -1.56. The Morgan fingerprint density at radius 2 is 1.67 bits per heavy atom. The van der Waals surface area contributed by atoms with Crippen LogP contribution in [-0.4, -0.2) is 0 Å². The van der Waals surface area contributed by atoms with Crippen molar-refractivity contribution in [1.29, 1.82) is 0 Å². The highest BCUT2D eigenvalue weighted by atomic mass is 14.1. The quantitative estimate of drug-likeness (QED) is 0.630. The van der Waals surface area contributed by atoms with E-state index in [2.05, 4.69) is 63.3 Å². The predicted octanol–water partition coefficient (Wildman–Crippen LogP) is 4.49.